The molecular formula is C15H21NO3S. The van der Waals surface area contributed by atoms with Gasteiger partial charge in [0, 0.05) is 13.0 Å². The fourth-order valence-electron chi connectivity index (χ4n) is 2.85. The summed E-state index contributed by atoms with van der Waals surface area (Å²) in [6, 6.07) is 8.86. The van der Waals surface area contributed by atoms with E-state index in [-0.39, 0.29) is 17.7 Å². The zero-order chi connectivity index (χ0) is 14.6. The van der Waals surface area contributed by atoms with Crippen LogP contribution in [0, 0.1) is 0 Å². The summed E-state index contributed by atoms with van der Waals surface area (Å²) in [5, 5.41) is 0. The molecule has 0 bridgehead atoms. The third kappa shape index (κ3) is 3.60. The number of nitrogens with zero attached hydrogens (tertiary/aromatic N) is 1. The highest BCUT2D eigenvalue weighted by Crippen LogP contribution is 2.26. The Morgan fingerprint density at radius 1 is 1.15 bits per heavy atom. The maximum absolute atomic E-state index is 12.5. The lowest BCUT2D eigenvalue weighted by atomic mass is 9.95. The third-order valence-corrected chi connectivity index (χ3v) is 5.56. The van der Waals surface area contributed by atoms with Crippen LogP contribution in [0.3, 0.4) is 0 Å². The molecule has 1 aromatic rings. The molecule has 0 spiro atoms. The Labute approximate surface area is 120 Å². The average Bonchev–Trinajstić information content (AvgIpc) is 2.39. The molecule has 4 nitrogen and oxygen atoms in total. The van der Waals surface area contributed by atoms with Crippen LogP contribution in [0.25, 0.3) is 0 Å². The van der Waals surface area contributed by atoms with Crippen LogP contribution >= 0.6 is 0 Å². The summed E-state index contributed by atoms with van der Waals surface area (Å²) in [5.74, 6) is -0.475. The van der Waals surface area contributed by atoms with E-state index in [1.54, 1.807) is 12.1 Å². The van der Waals surface area contributed by atoms with Crippen molar-refractivity contribution >= 4 is 15.9 Å². The number of rotatable bonds is 4. The quantitative estimate of drug-likeness (QED) is 0.858. The number of hydrogen-bond donors (Lipinski definition) is 0. The highest BCUT2D eigenvalue weighted by Gasteiger charge is 2.33. The molecule has 110 valence electrons. The smallest absolute Gasteiger partial charge is 0.241 e. The van der Waals surface area contributed by atoms with Crippen LogP contribution in [0.5, 0.6) is 0 Å². The topological polar surface area (TPSA) is 54.5 Å². The molecule has 1 saturated carbocycles. The van der Waals surface area contributed by atoms with Gasteiger partial charge in [0.05, 0.1) is 5.75 Å². The Kier molecular flexibility index (Phi) is 4.81. The van der Waals surface area contributed by atoms with E-state index in [0.717, 1.165) is 42.0 Å². The maximum atomic E-state index is 12.5. The van der Waals surface area contributed by atoms with E-state index < -0.39 is 10.0 Å². The lowest BCUT2D eigenvalue weighted by Gasteiger charge is -2.32. The second-order valence-electron chi connectivity index (χ2n) is 5.35. The number of amides is 1. The van der Waals surface area contributed by atoms with Crippen molar-refractivity contribution in [1.82, 2.24) is 4.31 Å². The first-order chi connectivity index (χ1) is 9.50. The van der Waals surface area contributed by atoms with Gasteiger partial charge >= 0.3 is 0 Å². The predicted octanol–water partition coefficient (Wildman–Crippen LogP) is 2.70. The molecule has 2 rings (SSSR count). The van der Waals surface area contributed by atoms with Crippen molar-refractivity contribution in [3.63, 3.8) is 0 Å². The van der Waals surface area contributed by atoms with Gasteiger partial charge in [-0.25, -0.2) is 12.7 Å². The second kappa shape index (κ2) is 6.39. The molecule has 0 aliphatic heterocycles. The molecule has 0 aromatic heterocycles. The van der Waals surface area contributed by atoms with Crippen LogP contribution in [-0.2, 0) is 20.6 Å². The molecule has 0 unspecified atom stereocenters. The first-order valence-corrected chi connectivity index (χ1v) is 8.68. The van der Waals surface area contributed by atoms with Gasteiger partial charge in [0.25, 0.3) is 0 Å². The zero-order valence-electron chi connectivity index (χ0n) is 11.8. The van der Waals surface area contributed by atoms with Crippen molar-refractivity contribution in [1.29, 1.82) is 0 Å². The first-order valence-electron chi connectivity index (χ1n) is 7.07. The van der Waals surface area contributed by atoms with Gasteiger partial charge in [0.2, 0.25) is 15.9 Å². The summed E-state index contributed by atoms with van der Waals surface area (Å²) in [6.07, 6.45) is 4.69. The van der Waals surface area contributed by atoms with Gasteiger partial charge in [0.15, 0.2) is 0 Å². The monoisotopic (exact) mass is 295 g/mol. The van der Waals surface area contributed by atoms with Gasteiger partial charge in [0.1, 0.15) is 0 Å². The fraction of sp³-hybridized carbons (Fsp3) is 0.533. The molecule has 1 aromatic carbocycles. The lowest BCUT2D eigenvalue weighted by Crippen LogP contribution is -2.44. The molecule has 0 N–H and O–H groups in total. The standard InChI is InChI=1S/C15H21NO3S/c1-13(17)16(15-10-6-3-7-11-15)20(18,19)12-14-8-4-2-5-9-14/h2,4-5,8-9,15H,3,6-7,10-12H2,1H3. The van der Waals surface area contributed by atoms with Crippen LogP contribution in [0.15, 0.2) is 30.3 Å². The summed E-state index contributed by atoms with van der Waals surface area (Å²) < 4.78 is 26.2. The maximum Gasteiger partial charge on any atom is 0.241 e. The molecule has 1 aliphatic rings. The Morgan fingerprint density at radius 3 is 2.30 bits per heavy atom. The van der Waals surface area contributed by atoms with Gasteiger partial charge in [-0.05, 0) is 18.4 Å². The van der Waals surface area contributed by atoms with Crippen LogP contribution in [0.1, 0.15) is 44.6 Å². The van der Waals surface area contributed by atoms with Crippen molar-refractivity contribution in [2.75, 3.05) is 0 Å². The van der Waals surface area contributed by atoms with E-state index in [0.29, 0.717) is 0 Å². The minimum absolute atomic E-state index is 0.107. The average molecular weight is 295 g/mol. The highest BCUT2D eigenvalue weighted by atomic mass is 32.2. The van der Waals surface area contributed by atoms with Gasteiger partial charge in [-0.15, -0.1) is 0 Å². The first kappa shape index (κ1) is 15.0. The Morgan fingerprint density at radius 2 is 1.75 bits per heavy atom. The van der Waals surface area contributed by atoms with E-state index >= 15 is 0 Å². The minimum atomic E-state index is -3.59. The molecule has 1 amide bonds. The largest absolute Gasteiger partial charge is 0.274 e. The van der Waals surface area contributed by atoms with Crippen LogP contribution < -0.4 is 0 Å². The molecule has 0 heterocycles. The van der Waals surface area contributed by atoms with Gasteiger partial charge in [-0.3, -0.25) is 4.79 Å². The number of carbonyl (C=O) groups is 1. The molecular weight excluding hydrogens is 274 g/mol. The van der Waals surface area contributed by atoms with E-state index in [1.165, 1.54) is 6.92 Å². The fourth-order valence-corrected chi connectivity index (χ4v) is 4.66. The van der Waals surface area contributed by atoms with Crippen molar-refractivity contribution < 1.29 is 13.2 Å². The van der Waals surface area contributed by atoms with E-state index in [1.807, 2.05) is 18.2 Å². The van der Waals surface area contributed by atoms with E-state index in [9.17, 15) is 13.2 Å². The molecule has 20 heavy (non-hydrogen) atoms. The number of carbonyl (C=O) groups excluding carboxylic acids is 1. The molecule has 1 fully saturated rings. The summed E-state index contributed by atoms with van der Waals surface area (Å²) in [7, 11) is -3.59. The summed E-state index contributed by atoms with van der Waals surface area (Å²) in [4.78, 5) is 11.8. The number of hydrogen-bond acceptors (Lipinski definition) is 3. The molecule has 5 heteroatoms. The van der Waals surface area contributed by atoms with E-state index in [4.69, 9.17) is 0 Å². The molecule has 0 radical (unpaired) electrons. The van der Waals surface area contributed by atoms with Gasteiger partial charge in [-0.1, -0.05) is 49.6 Å². The minimum Gasteiger partial charge on any atom is -0.274 e. The lowest BCUT2D eigenvalue weighted by molar-refractivity contribution is -0.126. The Hall–Kier alpha value is -1.36. The highest BCUT2D eigenvalue weighted by molar-refractivity contribution is 7.88. The Bertz CT molecular complexity index is 548. The van der Waals surface area contributed by atoms with E-state index in [2.05, 4.69) is 0 Å². The zero-order valence-corrected chi connectivity index (χ0v) is 12.6. The van der Waals surface area contributed by atoms with Crippen molar-refractivity contribution in [3.8, 4) is 0 Å². The number of sulfonamides is 1. The number of benzene rings is 1. The molecule has 0 atom stereocenters. The van der Waals surface area contributed by atoms with Crippen molar-refractivity contribution in [2.24, 2.45) is 0 Å². The summed E-state index contributed by atoms with van der Waals surface area (Å²) in [5.41, 5.74) is 0.717. The van der Waals surface area contributed by atoms with Crippen LogP contribution in [0.2, 0.25) is 0 Å². The summed E-state index contributed by atoms with van der Waals surface area (Å²) in [6.45, 7) is 1.34. The molecule has 0 saturated heterocycles. The third-order valence-electron chi connectivity index (χ3n) is 3.71. The van der Waals surface area contributed by atoms with Crippen molar-refractivity contribution in [2.45, 2.75) is 50.8 Å². The van der Waals surface area contributed by atoms with Gasteiger partial charge in [-0.2, -0.15) is 0 Å². The second-order valence-corrected chi connectivity index (χ2v) is 7.19. The van der Waals surface area contributed by atoms with Crippen molar-refractivity contribution in [3.05, 3.63) is 35.9 Å². The SMILES string of the molecule is CC(=O)N(C1CCCCC1)S(=O)(=O)Cc1ccccc1. The normalized spacial score (nSPS) is 16.9. The summed E-state index contributed by atoms with van der Waals surface area (Å²) >= 11 is 0. The molecule has 1 aliphatic carbocycles. The van der Waals surface area contributed by atoms with Crippen LogP contribution in [-0.4, -0.2) is 24.7 Å². The predicted molar refractivity (Wildman–Crippen MR) is 78.5 cm³/mol. The van der Waals surface area contributed by atoms with Gasteiger partial charge < -0.3 is 0 Å². The Balaban J connectivity index is 2.21. The van der Waals surface area contributed by atoms with Crippen LogP contribution in [0.4, 0.5) is 0 Å².